The van der Waals surface area contributed by atoms with Crippen molar-refractivity contribution in [3.8, 4) is 0 Å². The van der Waals surface area contributed by atoms with Gasteiger partial charge in [0.05, 0.1) is 13.0 Å². The summed E-state index contributed by atoms with van der Waals surface area (Å²) in [4.78, 5) is 33.8. The van der Waals surface area contributed by atoms with Crippen LogP contribution in [0.1, 0.15) is 19.3 Å². The topological polar surface area (TPSA) is 84.5 Å². The van der Waals surface area contributed by atoms with Gasteiger partial charge < -0.3 is 10.1 Å². The van der Waals surface area contributed by atoms with Crippen molar-refractivity contribution in [2.45, 2.75) is 24.8 Å². The van der Waals surface area contributed by atoms with Gasteiger partial charge in [0, 0.05) is 0 Å². The van der Waals surface area contributed by atoms with Gasteiger partial charge in [-0.15, -0.1) is 0 Å². The van der Waals surface area contributed by atoms with Crippen molar-refractivity contribution in [2.75, 3.05) is 7.11 Å². The number of urea groups is 1. The highest BCUT2D eigenvalue weighted by Crippen LogP contribution is 2.37. The summed E-state index contributed by atoms with van der Waals surface area (Å²) < 4.78 is 4.62. The number of amides is 3. The Balaban J connectivity index is 2.12. The van der Waals surface area contributed by atoms with E-state index in [0.717, 1.165) is 0 Å². The smallest absolute Gasteiger partial charge is 0.322 e. The lowest BCUT2D eigenvalue weighted by atomic mass is 9.96. The standard InChI is InChI=1S/C9H12N2O4/c1-15-6(12)5-2-3-9(4-5)7(13)10-8(14)11-9/h5H,2-4H2,1H3,(H2,10,11,13,14)/t5-,9+/m1/s1. The Labute approximate surface area is 86.3 Å². The third-order valence-corrected chi connectivity index (χ3v) is 3.06. The molecule has 0 aromatic carbocycles. The van der Waals surface area contributed by atoms with Crippen LogP contribution in [0.5, 0.6) is 0 Å². The Morgan fingerprint density at radius 3 is 2.80 bits per heavy atom. The number of rotatable bonds is 1. The van der Waals surface area contributed by atoms with E-state index in [2.05, 4.69) is 15.4 Å². The lowest BCUT2D eigenvalue weighted by Crippen LogP contribution is -2.44. The second kappa shape index (κ2) is 3.22. The highest BCUT2D eigenvalue weighted by Gasteiger charge is 2.52. The maximum absolute atomic E-state index is 11.5. The molecule has 1 heterocycles. The van der Waals surface area contributed by atoms with Crippen molar-refractivity contribution in [1.82, 2.24) is 10.6 Å². The fourth-order valence-corrected chi connectivity index (χ4v) is 2.26. The number of methoxy groups -OCH3 is 1. The lowest BCUT2D eigenvalue weighted by Gasteiger charge is -2.18. The SMILES string of the molecule is COC(=O)[C@@H]1CC[C@@]2(C1)NC(=O)NC2=O. The van der Waals surface area contributed by atoms with Crippen molar-refractivity contribution in [3.63, 3.8) is 0 Å². The van der Waals surface area contributed by atoms with Gasteiger partial charge in [0.1, 0.15) is 5.54 Å². The fraction of sp³-hybridized carbons (Fsp3) is 0.667. The number of ether oxygens (including phenoxy) is 1. The molecule has 2 rings (SSSR count). The van der Waals surface area contributed by atoms with E-state index in [1.54, 1.807) is 0 Å². The second-order valence-electron chi connectivity index (χ2n) is 3.95. The summed E-state index contributed by atoms with van der Waals surface area (Å²) in [7, 11) is 1.32. The van der Waals surface area contributed by atoms with Crippen molar-refractivity contribution < 1.29 is 19.1 Å². The largest absolute Gasteiger partial charge is 0.469 e. The first-order valence-corrected chi connectivity index (χ1v) is 4.79. The average molecular weight is 212 g/mol. The summed E-state index contributed by atoms with van der Waals surface area (Å²) in [6, 6.07) is -0.481. The van der Waals surface area contributed by atoms with Crippen molar-refractivity contribution in [3.05, 3.63) is 0 Å². The summed E-state index contributed by atoms with van der Waals surface area (Å²) in [5.74, 6) is -0.945. The molecule has 0 aromatic heterocycles. The fourth-order valence-electron chi connectivity index (χ4n) is 2.26. The Bertz CT molecular complexity index is 341. The van der Waals surface area contributed by atoms with Crippen LogP contribution in [0.25, 0.3) is 0 Å². The van der Waals surface area contributed by atoms with Gasteiger partial charge in [-0.2, -0.15) is 0 Å². The van der Waals surface area contributed by atoms with Crippen LogP contribution in [-0.4, -0.2) is 30.6 Å². The molecule has 3 amide bonds. The maximum atomic E-state index is 11.5. The first-order valence-electron chi connectivity index (χ1n) is 4.79. The van der Waals surface area contributed by atoms with Crippen molar-refractivity contribution >= 4 is 17.9 Å². The van der Waals surface area contributed by atoms with Crippen LogP contribution in [0.2, 0.25) is 0 Å². The highest BCUT2D eigenvalue weighted by atomic mass is 16.5. The zero-order valence-corrected chi connectivity index (χ0v) is 8.33. The first kappa shape index (κ1) is 9.95. The molecular weight excluding hydrogens is 200 g/mol. The molecule has 2 fully saturated rings. The Morgan fingerprint density at radius 1 is 1.53 bits per heavy atom. The highest BCUT2D eigenvalue weighted by molar-refractivity contribution is 6.07. The van der Waals surface area contributed by atoms with E-state index in [1.807, 2.05) is 0 Å². The molecule has 0 aromatic rings. The van der Waals surface area contributed by atoms with E-state index in [1.165, 1.54) is 7.11 Å². The van der Waals surface area contributed by atoms with Gasteiger partial charge in [-0.3, -0.25) is 14.9 Å². The molecule has 15 heavy (non-hydrogen) atoms. The van der Waals surface area contributed by atoms with Gasteiger partial charge in [0.2, 0.25) is 0 Å². The van der Waals surface area contributed by atoms with E-state index < -0.39 is 11.6 Å². The van der Waals surface area contributed by atoms with Gasteiger partial charge in [0.15, 0.2) is 0 Å². The normalized spacial score (nSPS) is 34.1. The Hall–Kier alpha value is -1.59. The van der Waals surface area contributed by atoms with Crippen LogP contribution in [0, 0.1) is 5.92 Å². The summed E-state index contributed by atoms with van der Waals surface area (Å²) >= 11 is 0. The van der Waals surface area contributed by atoms with Gasteiger partial charge in [-0.05, 0) is 19.3 Å². The number of imide groups is 1. The molecule has 2 N–H and O–H groups in total. The number of esters is 1. The third-order valence-electron chi connectivity index (χ3n) is 3.06. The van der Waals surface area contributed by atoms with Gasteiger partial charge >= 0.3 is 12.0 Å². The van der Waals surface area contributed by atoms with Crippen LogP contribution in [0.4, 0.5) is 4.79 Å². The van der Waals surface area contributed by atoms with Gasteiger partial charge in [-0.25, -0.2) is 4.79 Å². The number of carbonyl (C=O) groups is 3. The van der Waals surface area contributed by atoms with Crippen LogP contribution < -0.4 is 10.6 Å². The number of carbonyl (C=O) groups excluding carboxylic acids is 3. The van der Waals surface area contributed by atoms with Crippen LogP contribution >= 0.6 is 0 Å². The minimum atomic E-state index is -0.879. The number of hydrogen-bond acceptors (Lipinski definition) is 4. The first-order chi connectivity index (χ1) is 7.07. The average Bonchev–Trinajstić information content (AvgIpc) is 2.72. The van der Waals surface area contributed by atoms with E-state index in [0.29, 0.717) is 19.3 Å². The predicted molar refractivity (Wildman–Crippen MR) is 48.8 cm³/mol. The van der Waals surface area contributed by atoms with Crippen LogP contribution in [-0.2, 0) is 14.3 Å². The zero-order valence-electron chi connectivity index (χ0n) is 8.33. The van der Waals surface area contributed by atoms with Crippen molar-refractivity contribution in [1.29, 1.82) is 0 Å². The Morgan fingerprint density at radius 2 is 2.27 bits per heavy atom. The lowest BCUT2D eigenvalue weighted by molar-refractivity contribution is -0.145. The Kier molecular flexibility index (Phi) is 2.13. The molecule has 1 spiro atoms. The van der Waals surface area contributed by atoms with Gasteiger partial charge in [0.25, 0.3) is 5.91 Å². The maximum Gasteiger partial charge on any atom is 0.322 e. The van der Waals surface area contributed by atoms with Crippen LogP contribution in [0.15, 0.2) is 0 Å². The molecule has 1 aliphatic carbocycles. The van der Waals surface area contributed by atoms with E-state index >= 15 is 0 Å². The molecule has 1 saturated carbocycles. The van der Waals surface area contributed by atoms with E-state index in [9.17, 15) is 14.4 Å². The third kappa shape index (κ3) is 1.45. The molecular formula is C9H12N2O4. The van der Waals surface area contributed by atoms with E-state index in [4.69, 9.17) is 0 Å². The monoisotopic (exact) mass is 212 g/mol. The van der Waals surface area contributed by atoms with E-state index in [-0.39, 0.29) is 17.8 Å². The molecule has 0 unspecified atom stereocenters. The van der Waals surface area contributed by atoms with Gasteiger partial charge in [-0.1, -0.05) is 0 Å². The number of nitrogens with one attached hydrogen (secondary N) is 2. The molecule has 1 aliphatic heterocycles. The quantitative estimate of drug-likeness (QED) is 0.455. The molecule has 6 heteroatoms. The molecule has 1 saturated heterocycles. The minimum absolute atomic E-state index is 0.292. The molecule has 0 radical (unpaired) electrons. The molecule has 2 aliphatic rings. The zero-order chi connectivity index (χ0) is 11.1. The summed E-state index contributed by atoms with van der Waals surface area (Å²) in [5, 5.41) is 4.77. The molecule has 2 atom stereocenters. The minimum Gasteiger partial charge on any atom is -0.469 e. The second-order valence-corrected chi connectivity index (χ2v) is 3.95. The summed E-state index contributed by atoms with van der Waals surface area (Å²) in [5.41, 5.74) is -0.879. The summed E-state index contributed by atoms with van der Waals surface area (Å²) in [6.07, 6.45) is 1.39. The summed E-state index contributed by atoms with van der Waals surface area (Å²) in [6.45, 7) is 0. The molecule has 82 valence electrons. The predicted octanol–water partition coefficient (Wildman–Crippen LogP) is -0.462. The number of hydrogen-bond donors (Lipinski definition) is 2. The van der Waals surface area contributed by atoms with Crippen molar-refractivity contribution in [2.24, 2.45) is 5.92 Å². The van der Waals surface area contributed by atoms with Crippen LogP contribution in [0.3, 0.4) is 0 Å². The molecule has 6 nitrogen and oxygen atoms in total. The molecule has 0 bridgehead atoms.